The molecule has 0 aliphatic heterocycles. The Morgan fingerprint density at radius 2 is 2.15 bits per heavy atom. The van der Waals surface area contributed by atoms with E-state index >= 15 is 0 Å². The number of rotatable bonds is 8. The van der Waals surface area contributed by atoms with Crippen molar-refractivity contribution in [2.24, 2.45) is 10.9 Å². The summed E-state index contributed by atoms with van der Waals surface area (Å²) in [5.41, 5.74) is 6.47. The number of benzene rings is 1. The average Bonchev–Trinajstić information content (AvgIpc) is 2.43. The van der Waals surface area contributed by atoms with Crippen molar-refractivity contribution in [1.82, 2.24) is 4.90 Å². The van der Waals surface area contributed by atoms with Gasteiger partial charge in [-0.05, 0) is 17.7 Å². The van der Waals surface area contributed by atoms with E-state index in [9.17, 15) is 0 Å². The van der Waals surface area contributed by atoms with E-state index in [-0.39, 0.29) is 5.84 Å². The van der Waals surface area contributed by atoms with Gasteiger partial charge in [-0.25, -0.2) is 0 Å². The van der Waals surface area contributed by atoms with Gasteiger partial charge in [0.1, 0.15) is 5.84 Å². The Hall–Kier alpha value is -1.01. The first kappa shape index (κ1) is 17.0. The predicted octanol–water partition coefficient (Wildman–Crippen LogP) is 2.58. The van der Waals surface area contributed by atoms with Crippen molar-refractivity contribution < 1.29 is 9.94 Å². The molecule has 20 heavy (non-hydrogen) atoms. The summed E-state index contributed by atoms with van der Waals surface area (Å²) in [7, 11) is 1.65. The van der Waals surface area contributed by atoms with E-state index in [1.165, 1.54) is 0 Å². The SMILES string of the molecule is COCCN(CCC(N)=NO)Cc1ccc(Cl)cc1Cl. The third-order valence-electron chi connectivity index (χ3n) is 2.83. The molecule has 0 atom stereocenters. The molecule has 0 amide bonds. The van der Waals surface area contributed by atoms with Gasteiger partial charge in [-0.3, -0.25) is 4.90 Å². The maximum Gasteiger partial charge on any atom is 0.140 e. The van der Waals surface area contributed by atoms with Gasteiger partial charge in [-0.15, -0.1) is 0 Å². The van der Waals surface area contributed by atoms with Crippen molar-refractivity contribution >= 4 is 29.0 Å². The fourth-order valence-electron chi connectivity index (χ4n) is 1.70. The van der Waals surface area contributed by atoms with Crippen LogP contribution in [0.15, 0.2) is 23.4 Å². The Kier molecular flexibility index (Phi) is 7.69. The highest BCUT2D eigenvalue weighted by Crippen LogP contribution is 2.22. The molecule has 0 aromatic heterocycles. The normalized spacial score (nSPS) is 12.1. The van der Waals surface area contributed by atoms with Crippen molar-refractivity contribution in [2.45, 2.75) is 13.0 Å². The highest BCUT2D eigenvalue weighted by molar-refractivity contribution is 6.35. The molecule has 0 aliphatic carbocycles. The number of ether oxygens (including phenoxy) is 1. The lowest BCUT2D eigenvalue weighted by molar-refractivity contribution is 0.145. The van der Waals surface area contributed by atoms with Crippen molar-refractivity contribution in [1.29, 1.82) is 0 Å². The van der Waals surface area contributed by atoms with Gasteiger partial charge < -0.3 is 15.7 Å². The number of hydrogen-bond donors (Lipinski definition) is 2. The molecule has 5 nitrogen and oxygen atoms in total. The summed E-state index contributed by atoms with van der Waals surface area (Å²) >= 11 is 12.0. The van der Waals surface area contributed by atoms with Crippen LogP contribution in [-0.4, -0.2) is 42.7 Å². The predicted molar refractivity (Wildman–Crippen MR) is 81.6 cm³/mol. The number of amidine groups is 1. The van der Waals surface area contributed by atoms with Crippen LogP contribution in [0.3, 0.4) is 0 Å². The van der Waals surface area contributed by atoms with Crippen molar-refractivity contribution in [3.63, 3.8) is 0 Å². The monoisotopic (exact) mass is 319 g/mol. The molecule has 0 radical (unpaired) electrons. The molecule has 7 heteroatoms. The minimum atomic E-state index is 0.203. The Morgan fingerprint density at radius 1 is 1.40 bits per heavy atom. The molecular weight excluding hydrogens is 301 g/mol. The molecule has 0 heterocycles. The second-order valence-corrected chi connectivity index (χ2v) is 5.19. The summed E-state index contributed by atoms with van der Waals surface area (Å²) in [4.78, 5) is 2.12. The van der Waals surface area contributed by atoms with Crippen LogP contribution in [0.2, 0.25) is 10.0 Å². The van der Waals surface area contributed by atoms with E-state index in [1.54, 1.807) is 19.2 Å². The minimum absolute atomic E-state index is 0.203. The molecule has 1 aromatic carbocycles. The maximum atomic E-state index is 8.57. The summed E-state index contributed by atoms with van der Waals surface area (Å²) in [5.74, 6) is 0.203. The van der Waals surface area contributed by atoms with E-state index in [1.807, 2.05) is 6.07 Å². The molecular formula is C13H19Cl2N3O2. The van der Waals surface area contributed by atoms with Crippen LogP contribution >= 0.6 is 23.2 Å². The first-order valence-electron chi connectivity index (χ1n) is 6.18. The topological polar surface area (TPSA) is 71.1 Å². The van der Waals surface area contributed by atoms with Gasteiger partial charge >= 0.3 is 0 Å². The van der Waals surface area contributed by atoms with Crippen molar-refractivity contribution in [3.8, 4) is 0 Å². The van der Waals surface area contributed by atoms with Crippen LogP contribution in [0, 0.1) is 0 Å². The summed E-state index contributed by atoms with van der Waals surface area (Å²) in [6.45, 7) is 2.63. The van der Waals surface area contributed by atoms with E-state index in [0.29, 0.717) is 36.2 Å². The Labute approximate surface area is 128 Å². The van der Waals surface area contributed by atoms with Crippen LogP contribution in [0.4, 0.5) is 0 Å². The number of halogens is 2. The Morgan fingerprint density at radius 3 is 2.75 bits per heavy atom. The zero-order chi connectivity index (χ0) is 15.0. The molecule has 0 fully saturated rings. The average molecular weight is 320 g/mol. The third kappa shape index (κ3) is 5.96. The molecule has 3 N–H and O–H groups in total. The van der Waals surface area contributed by atoms with Crippen LogP contribution in [0.1, 0.15) is 12.0 Å². The van der Waals surface area contributed by atoms with Gasteiger partial charge in [0.15, 0.2) is 0 Å². The lowest BCUT2D eigenvalue weighted by atomic mass is 10.2. The number of methoxy groups -OCH3 is 1. The second kappa shape index (κ2) is 9.02. The van der Waals surface area contributed by atoms with Gasteiger partial charge in [-0.2, -0.15) is 0 Å². The Bertz CT molecular complexity index is 455. The molecule has 0 bridgehead atoms. The number of nitrogens with two attached hydrogens (primary N) is 1. The highest BCUT2D eigenvalue weighted by Gasteiger charge is 2.10. The van der Waals surface area contributed by atoms with E-state index in [2.05, 4.69) is 10.1 Å². The van der Waals surface area contributed by atoms with Gasteiger partial charge in [-0.1, -0.05) is 34.4 Å². The molecule has 0 saturated heterocycles. The first-order valence-corrected chi connectivity index (χ1v) is 6.94. The summed E-state index contributed by atoms with van der Waals surface area (Å²) in [6, 6.07) is 5.42. The first-order chi connectivity index (χ1) is 9.56. The molecule has 1 rings (SSSR count). The van der Waals surface area contributed by atoms with Crippen molar-refractivity contribution in [2.75, 3.05) is 26.8 Å². The van der Waals surface area contributed by atoms with Gasteiger partial charge in [0.25, 0.3) is 0 Å². The highest BCUT2D eigenvalue weighted by atomic mass is 35.5. The third-order valence-corrected chi connectivity index (χ3v) is 3.42. The molecule has 112 valence electrons. The van der Waals surface area contributed by atoms with E-state index in [4.69, 9.17) is 38.9 Å². The quantitative estimate of drug-likeness (QED) is 0.334. The zero-order valence-electron chi connectivity index (χ0n) is 11.4. The van der Waals surface area contributed by atoms with Crippen LogP contribution in [-0.2, 0) is 11.3 Å². The van der Waals surface area contributed by atoms with E-state index in [0.717, 1.165) is 12.1 Å². The summed E-state index contributed by atoms with van der Waals surface area (Å²) < 4.78 is 5.09. The molecule has 0 saturated carbocycles. The van der Waals surface area contributed by atoms with Crippen LogP contribution in [0.5, 0.6) is 0 Å². The summed E-state index contributed by atoms with van der Waals surface area (Å²) in [5, 5.41) is 12.8. The van der Waals surface area contributed by atoms with E-state index < -0.39 is 0 Å². The number of hydrogen-bond acceptors (Lipinski definition) is 4. The Balaban J connectivity index is 2.67. The lowest BCUT2D eigenvalue weighted by Crippen LogP contribution is -2.31. The van der Waals surface area contributed by atoms with Gasteiger partial charge in [0, 0.05) is 43.2 Å². The van der Waals surface area contributed by atoms with Gasteiger partial charge in [0.05, 0.1) is 6.61 Å². The standard InChI is InChI=1S/C13H19Cl2N3O2/c1-20-7-6-18(5-4-13(16)17-19)9-10-2-3-11(14)8-12(10)15/h2-3,8,19H,4-7,9H2,1H3,(H2,16,17). The fourth-order valence-corrected chi connectivity index (χ4v) is 2.17. The largest absolute Gasteiger partial charge is 0.409 e. The smallest absolute Gasteiger partial charge is 0.140 e. The molecule has 0 spiro atoms. The zero-order valence-corrected chi connectivity index (χ0v) is 12.9. The number of oxime groups is 1. The van der Waals surface area contributed by atoms with Crippen molar-refractivity contribution in [3.05, 3.63) is 33.8 Å². The lowest BCUT2D eigenvalue weighted by Gasteiger charge is -2.22. The fraction of sp³-hybridized carbons (Fsp3) is 0.462. The van der Waals surface area contributed by atoms with Crippen LogP contribution in [0.25, 0.3) is 0 Å². The molecule has 0 unspecified atom stereocenters. The minimum Gasteiger partial charge on any atom is -0.409 e. The maximum absolute atomic E-state index is 8.57. The number of nitrogens with zero attached hydrogens (tertiary/aromatic N) is 2. The second-order valence-electron chi connectivity index (χ2n) is 4.35. The van der Waals surface area contributed by atoms with Gasteiger partial charge in [0.2, 0.25) is 0 Å². The van der Waals surface area contributed by atoms with Crippen LogP contribution < -0.4 is 5.73 Å². The summed E-state index contributed by atoms with van der Waals surface area (Å²) in [6.07, 6.45) is 0.478. The molecule has 1 aromatic rings. The molecule has 0 aliphatic rings.